The molecule has 0 aromatic rings. The molecule has 27 heavy (non-hydrogen) atoms. The van der Waals surface area contributed by atoms with Crippen molar-refractivity contribution in [3.63, 3.8) is 0 Å². The van der Waals surface area contributed by atoms with Crippen LogP contribution < -0.4 is 0 Å². The SMILES string of the molecule is CC(=O)OCC(O)C(OC(C)=O)C(OC(C)=O)C(OC(C)=O)C(=O)N=[N+]=[N-]. The predicted octanol–water partition coefficient (Wildman–Crippen LogP) is -0.458. The average Bonchev–Trinajstić information content (AvgIpc) is 2.53. The van der Waals surface area contributed by atoms with Crippen molar-refractivity contribution in [1.82, 2.24) is 0 Å². The van der Waals surface area contributed by atoms with Crippen LogP contribution in [0.15, 0.2) is 5.11 Å². The molecule has 150 valence electrons. The van der Waals surface area contributed by atoms with Gasteiger partial charge < -0.3 is 24.1 Å². The third-order valence-electron chi connectivity index (χ3n) is 2.74. The lowest BCUT2D eigenvalue weighted by Crippen LogP contribution is -2.53. The molecule has 1 N–H and O–H groups in total. The van der Waals surface area contributed by atoms with Gasteiger partial charge in [-0.2, -0.15) is 0 Å². The fourth-order valence-electron chi connectivity index (χ4n) is 1.88. The largest absolute Gasteiger partial charge is 0.463 e. The number of esters is 4. The van der Waals surface area contributed by atoms with Gasteiger partial charge in [0, 0.05) is 32.6 Å². The molecule has 13 heteroatoms. The van der Waals surface area contributed by atoms with Gasteiger partial charge in [0.05, 0.1) is 0 Å². The Labute approximate surface area is 153 Å². The highest BCUT2D eigenvalue weighted by molar-refractivity contribution is 5.85. The number of ether oxygens (including phenoxy) is 4. The molecular weight excluding hydrogens is 370 g/mol. The second kappa shape index (κ2) is 11.4. The smallest absolute Gasteiger partial charge is 0.303 e. The number of rotatable bonds is 9. The third-order valence-corrected chi connectivity index (χ3v) is 2.74. The Morgan fingerprint density at radius 2 is 1.37 bits per heavy atom. The van der Waals surface area contributed by atoms with E-state index in [1.165, 1.54) is 0 Å². The quantitative estimate of drug-likeness (QED) is 0.177. The number of carbonyl (C=O) groups is 5. The van der Waals surface area contributed by atoms with Crippen LogP contribution in [-0.4, -0.2) is 65.9 Å². The van der Waals surface area contributed by atoms with Crippen molar-refractivity contribution in [3.8, 4) is 0 Å². The van der Waals surface area contributed by atoms with Gasteiger partial charge in [-0.25, -0.2) is 0 Å². The maximum Gasteiger partial charge on any atom is 0.303 e. The summed E-state index contributed by atoms with van der Waals surface area (Å²) in [6, 6.07) is 0. The van der Waals surface area contributed by atoms with E-state index in [0.717, 1.165) is 27.7 Å². The van der Waals surface area contributed by atoms with Crippen LogP contribution >= 0.6 is 0 Å². The lowest BCUT2D eigenvalue weighted by Gasteiger charge is -2.32. The fourth-order valence-corrected chi connectivity index (χ4v) is 1.88. The molecule has 0 saturated carbocycles. The van der Waals surface area contributed by atoms with Crippen LogP contribution in [0.4, 0.5) is 0 Å². The molecule has 13 nitrogen and oxygen atoms in total. The number of aliphatic hydroxyl groups excluding tert-OH is 1. The van der Waals surface area contributed by atoms with E-state index in [0.29, 0.717) is 0 Å². The molecule has 0 radical (unpaired) electrons. The molecule has 4 unspecified atom stereocenters. The summed E-state index contributed by atoms with van der Waals surface area (Å²) in [5, 5.41) is 13.0. The lowest BCUT2D eigenvalue weighted by atomic mass is 10.0. The average molecular weight is 389 g/mol. The molecule has 0 spiro atoms. The Morgan fingerprint density at radius 1 is 0.889 bits per heavy atom. The summed E-state index contributed by atoms with van der Waals surface area (Å²) >= 11 is 0. The van der Waals surface area contributed by atoms with Gasteiger partial charge in [-0.1, -0.05) is 0 Å². The monoisotopic (exact) mass is 389 g/mol. The van der Waals surface area contributed by atoms with Crippen molar-refractivity contribution in [1.29, 1.82) is 0 Å². The van der Waals surface area contributed by atoms with Gasteiger partial charge in [0.25, 0.3) is 5.91 Å². The second-order valence-electron chi connectivity index (χ2n) is 5.08. The first-order valence-corrected chi connectivity index (χ1v) is 7.41. The number of aliphatic hydroxyl groups is 1. The molecule has 0 aromatic carbocycles. The van der Waals surface area contributed by atoms with E-state index in [4.69, 9.17) is 19.7 Å². The third kappa shape index (κ3) is 9.18. The Bertz CT molecular complexity index is 643. The van der Waals surface area contributed by atoms with Crippen LogP contribution in [0.5, 0.6) is 0 Å². The van der Waals surface area contributed by atoms with Crippen LogP contribution in [0.1, 0.15) is 27.7 Å². The molecule has 0 aromatic heterocycles. The van der Waals surface area contributed by atoms with E-state index >= 15 is 0 Å². The molecule has 0 aliphatic rings. The van der Waals surface area contributed by atoms with E-state index in [-0.39, 0.29) is 0 Å². The normalized spacial score (nSPS) is 14.4. The molecular formula is C14H19N3O10. The predicted molar refractivity (Wildman–Crippen MR) is 83.5 cm³/mol. The van der Waals surface area contributed by atoms with Gasteiger partial charge >= 0.3 is 23.9 Å². The fraction of sp³-hybridized carbons (Fsp3) is 0.643. The number of hydrogen-bond acceptors (Lipinski definition) is 10. The van der Waals surface area contributed by atoms with Gasteiger partial charge in [0.1, 0.15) is 12.7 Å². The Morgan fingerprint density at radius 3 is 1.78 bits per heavy atom. The van der Waals surface area contributed by atoms with Crippen molar-refractivity contribution in [2.24, 2.45) is 5.11 Å². The van der Waals surface area contributed by atoms with E-state index in [2.05, 4.69) is 14.8 Å². The zero-order chi connectivity index (χ0) is 21.1. The van der Waals surface area contributed by atoms with E-state index < -0.39 is 60.8 Å². The molecule has 0 heterocycles. The van der Waals surface area contributed by atoms with Crippen molar-refractivity contribution >= 4 is 29.8 Å². The number of amides is 1. The minimum absolute atomic E-state index is 0.701. The number of hydrogen-bond donors (Lipinski definition) is 1. The summed E-state index contributed by atoms with van der Waals surface area (Å²) in [4.78, 5) is 59.2. The first kappa shape index (κ1) is 23.8. The summed E-state index contributed by atoms with van der Waals surface area (Å²) < 4.78 is 19.1. The highest BCUT2D eigenvalue weighted by atomic mass is 16.6. The van der Waals surface area contributed by atoms with Crippen molar-refractivity contribution in [2.45, 2.75) is 52.1 Å². The first-order chi connectivity index (χ1) is 12.5. The topological polar surface area (TPSA) is 191 Å². The highest BCUT2D eigenvalue weighted by Crippen LogP contribution is 2.19. The molecule has 0 bridgehead atoms. The van der Waals surface area contributed by atoms with Crippen molar-refractivity contribution in [2.75, 3.05) is 6.61 Å². The Balaban J connectivity index is 6.02. The number of nitrogens with zero attached hydrogens (tertiary/aromatic N) is 3. The van der Waals surface area contributed by atoms with E-state index in [1.54, 1.807) is 0 Å². The molecule has 1 amide bonds. The summed E-state index contributed by atoms with van der Waals surface area (Å²) in [7, 11) is 0. The van der Waals surface area contributed by atoms with E-state index in [1.807, 2.05) is 0 Å². The van der Waals surface area contributed by atoms with Gasteiger partial charge in [-0.15, -0.1) is 0 Å². The number of carbonyl (C=O) groups excluding carboxylic acids is 5. The molecule has 0 aliphatic carbocycles. The Kier molecular flexibility index (Phi) is 10.1. The first-order valence-electron chi connectivity index (χ1n) is 7.41. The zero-order valence-corrected chi connectivity index (χ0v) is 15.0. The number of azide groups is 1. The molecule has 4 atom stereocenters. The zero-order valence-electron chi connectivity index (χ0n) is 15.0. The highest BCUT2D eigenvalue weighted by Gasteiger charge is 2.44. The van der Waals surface area contributed by atoms with Crippen LogP contribution in [0.25, 0.3) is 10.4 Å². The van der Waals surface area contributed by atoms with Crippen LogP contribution in [-0.2, 0) is 42.9 Å². The molecule has 0 fully saturated rings. The van der Waals surface area contributed by atoms with Crippen LogP contribution in [0, 0.1) is 0 Å². The van der Waals surface area contributed by atoms with Gasteiger partial charge in [0.2, 0.25) is 6.10 Å². The molecule has 0 aliphatic heterocycles. The molecule has 0 rings (SSSR count). The maximum atomic E-state index is 12.0. The molecule has 0 saturated heterocycles. The minimum Gasteiger partial charge on any atom is -0.463 e. The van der Waals surface area contributed by atoms with Crippen LogP contribution in [0.2, 0.25) is 0 Å². The van der Waals surface area contributed by atoms with Crippen molar-refractivity contribution < 1.29 is 48.0 Å². The van der Waals surface area contributed by atoms with Gasteiger partial charge in [-0.3, -0.25) is 24.0 Å². The van der Waals surface area contributed by atoms with Crippen molar-refractivity contribution in [3.05, 3.63) is 10.4 Å². The van der Waals surface area contributed by atoms with Gasteiger partial charge in [-0.05, 0) is 10.6 Å². The summed E-state index contributed by atoms with van der Waals surface area (Å²) in [6.45, 7) is 3.14. The summed E-state index contributed by atoms with van der Waals surface area (Å²) in [5.41, 5.74) is 8.42. The maximum absolute atomic E-state index is 12.0. The lowest BCUT2D eigenvalue weighted by molar-refractivity contribution is -0.197. The Hall–Kier alpha value is -3.18. The van der Waals surface area contributed by atoms with E-state index in [9.17, 15) is 29.1 Å². The van der Waals surface area contributed by atoms with Gasteiger partial charge in [0.15, 0.2) is 12.2 Å². The summed E-state index contributed by atoms with van der Waals surface area (Å²) in [6.07, 6.45) is -7.50. The van der Waals surface area contributed by atoms with Crippen LogP contribution in [0.3, 0.4) is 0 Å². The summed E-state index contributed by atoms with van der Waals surface area (Å²) in [5.74, 6) is -5.13. The second-order valence-corrected chi connectivity index (χ2v) is 5.08. The minimum atomic E-state index is -2.03. The standard InChI is InChI=1S/C14H19N3O10/c1-6(18)24-5-10(22)11(25-7(2)19)12(26-8(3)20)13(27-9(4)21)14(23)16-17-15/h10-13,22H,5H2,1-4H3.